The average molecular weight is 195 g/mol. The molecule has 2 rings (SSSR count). The third kappa shape index (κ3) is 1.59. The Kier molecular flexibility index (Phi) is 2.21. The lowest BCUT2D eigenvalue weighted by Gasteiger charge is -2.20. The van der Waals surface area contributed by atoms with Crippen molar-refractivity contribution in [3.05, 3.63) is 42.2 Å². The van der Waals surface area contributed by atoms with Crippen LogP contribution in [0, 0.1) is 12.3 Å². The van der Waals surface area contributed by atoms with Crippen LogP contribution in [0.3, 0.4) is 0 Å². The molecule has 2 aromatic rings. The van der Waals surface area contributed by atoms with Gasteiger partial charge in [-0.25, -0.2) is 0 Å². The van der Waals surface area contributed by atoms with Crippen molar-refractivity contribution in [2.75, 3.05) is 0 Å². The molecule has 1 heterocycles. The molecular weight excluding hydrogens is 182 g/mol. The van der Waals surface area contributed by atoms with E-state index < -0.39 is 0 Å². The van der Waals surface area contributed by atoms with Gasteiger partial charge in [0.25, 0.3) is 0 Å². The summed E-state index contributed by atoms with van der Waals surface area (Å²) in [5.41, 5.74) is 0.950. The number of hydrogen-bond donors (Lipinski definition) is 0. The highest BCUT2D eigenvalue weighted by molar-refractivity contribution is 5.86. The van der Waals surface area contributed by atoms with Gasteiger partial charge in [-0.2, -0.15) is 0 Å². The normalized spacial score (nSPS) is 11.3. The van der Waals surface area contributed by atoms with Gasteiger partial charge in [0.15, 0.2) is 0 Å². The van der Waals surface area contributed by atoms with E-state index in [1.54, 1.807) is 6.20 Å². The molecule has 74 valence electrons. The number of terminal acetylenes is 1. The number of nitrogens with zero attached hydrogens (tertiary/aromatic N) is 1. The first-order valence-electron chi connectivity index (χ1n) is 4.96. The first-order valence-corrected chi connectivity index (χ1v) is 4.96. The van der Waals surface area contributed by atoms with Crippen LogP contribution in [0.15, 0.2) is 36.7 Å². The summed E-state index contributed by atoms with van der Waals surface area (Å²) in [5, 5.41) is 2.33. The highest BCUT2D eigenvalue weighted by Crippen LogP contribution is 2.29. The van der Waals surface area contributed by atoms with Crippen molar-refractivity contribution in [2.24, 2.45) is 0 Å². The molecule has 0 N–H and O–H groups in total. The lowest BCUT2D eigenvalue weighted by Crippen LogP contribution is -2.14. The predicted octanol–water partition coefficient (Wildman–Crippen LogP) is 3.15. The average Bonchev–Trinajstić information content (AvgIpc) is 2.28. The summed E-state index contributed by atoms with van der Waals surface area (Å²) < 4.78 is 0. The zero-order valence-electron chi connectivity index (χ0n) is 8.99. The lowest BCUT2D eigenvalue weighted by atomic mass is 9.83. The maximum absolute atomic E-state index is 5.56. The second kappa shape index (κ2) is 3.40. The van der Waals surface area contributed by atoms with Crippen molar-refractivity contribution in [3.8, 4) is 12.3 Å². The molecule has 0 saturated heterocycles. The summed E-state index contributed by atoms with van der Waals surface area (Å²) in [6, 6.07) is 8.18. The molecule has 1 aromatic heterocycles. The fourth-order valence-electron chi connectivity index (χ4n) is 1.75. The van der Waals surface area contributed by atoms with E-state index in [-0.39, 0.29) is 5.41 Å². The van der Waals surface area contributed by atoms with E-state index >= 15 is 0 Å². The van der Waals surface area contributed by atoms with E-state index in [4.69, 9.17) is 6.42 Å². The second-order valence-electron chi connectivity index (χ2n) is 4.17. The minimum Gasteiger partial charge on any atom is -0.264 e. The highest BCUT2D eigenvalue weighted by Gasteiger charge is 2.19. The van der Waals surface area contributed by atoms with Crippen molar-refractivity contribution in [1.82, 2.24) is 4.98 Å². The standard InChI is InChI=1S/C14H13N/c1-4-14(2,3)13-7-5-6-11-10-15-9-8-12(11)13/h1,5-10H,2-3H3. The Hall–Kier alpha value is -1.81. The minimum absolute atomic E-state index is 0.235. The summed E-state index contributed by atoms with van der Waals surface area (Å²) in [5.74, 6) is 2.83. The smallest absolute Gasteiger partial charge is 0.0510 e. The molecule has 0 bridgehead atoms. The van der Waals surface area contributed by atoms with Crippen molar-refractivity contribution in [1.29, 1.82) is 0 Å². The largest absolute Gasteiger partial charge is 0.264 e. The van der Waals surface area contributed by atoms with Crippen LogP contribution in [0.25, 0.3) is 10.8 Å². The summed E-state index contributed by atoms with van der Waals surface area (Å²) >= 11 is 0. The Morgan fingerprint density at radius 1 is 1.27 bits per heavy atom. The van der Waals surface area contributed by atoms with Gasteiger partial charge in [-0.1, -0.05) is 24.1 Å². The van der Waals surface area contributed by atoms with Crippen molar-refractivity contribution >= 4 is 10.8 Å². The van der Waals surface area contributed by atoms with Crippen LogP contribution >= 0.6 is 0 Å². The van der Waals surface area contributed by atoms with Crippen molar-refractivity contribution in [3.63, 3.8) is 0 Å². The van der Waals surface area contributed by atoms with Crippen molar-refractivity contribution in [2.45, 2.75) is 19.3 Å². The second-order valence-corrected chi connectivity index (χ2v) is 4.17. The molecule has 0 aliphatic carbocycles. The molecule has 1 nitrogen and oxygen atoms in total. The monoisotopic (exact) mass is 195 g/mol. The SMILES string of the molecule is C#CC(C)(C)c1cccc2cnccc12. The van der Waals surface area contributed by atoms with Crippen LogP contribution < -0.4 is 0 Å². The first-order chi connectivity index (χ1) is 7.15. The Labute approximate surface area is 90.2 Å². The van der Waals surface area contributed by atoms with Crippen LogP contribution in [-0.4, -0.2) is 4.98 Å². The lowest BCUT2D eigenvalue weighted by molar-refractivity contribution is 0.706. The van der Waals surface area contributed by atoms with Crippen molar-refractivity contribution < 1.29 is 0 Å². The molecule has 0 fully saturated rings. The van der Waals surface area contributed by atoms with Gasteiger partial charge in [0, 0.05) is 17.8 Å². The van der Waals surface area contributed by atoms with Gasteiger partial charge in [0.2, 0.25) is 0 Å². The molecule has 15 heavy (non-hydrogen) atoms. The summed E-state index contributed by atoms with van der Waals surface area (Å²) in [6.45, 7) is 4.12. The summed E-state index contributed by atoms with van der Waals surface area (Å²) in [7, 11) is 0. The third-order valence-electron chi connectivity index (χ3n) is 2.71. The van der Waals surface area contributed by atoms with E-state index in [0.717, 1.165) is 5.39 Å². The highest BCUT2D eigenvalue weighted by atomic mass is 14.6. The van der Waals surface area contributed by atoms with E-state index in [1.807, 2.05) is 18.3 Å². The molecule has 0 radical (unpaired) electrons. The number of aromatic nitrogens is 1. The Morgan fingerprint density at radius 2 is 2.07 bits per heavy atom. The van der Waals surface area contributed by atoms with E-state index in [9.17, 15) is 0 Å². The molecule has 0 aliphatic heterocycles. The molecule has 0 unspecified atom stereocenters. The molecule has 1 heteroatoms. The van der Waals surface area contributed by atoms with Crippen LogP contribution in [0.4, 0.5) is 0 Å². The fourth-order valence-corrected chi connectivity index (χ4v) is 1.75. The maximum atomic E-state index is 5.56. The number of pyridine rings is 1. The maximum Gasteiger partial charge on any atom is 0.0510 e. The zero-order chi connectivity index (χ0) is 10.9. The van der Waals surface area contributed by atoms with Gasteiger partial charge in [-0.05, 0) is 30.9 Å². The van der Waals surface area contributed by atoms with Crippen LogP contribution in [0.2, 0.25) is 0 Å². The fraction of sp³-hybridized carbons (Fsp3) is 0.214. The predicted molar refractivity (Wildman–Crippen MR) is 63.6 cm³/mol. The molecule has 0 saturated carbocycles. The van der Waals surface area contributed by atoms with Crippen LogP contribution in [0.1, 0.15) is 19.4 Å². The van der Waals surface area contributed by atoms with E-state index in [1.165, 1.54) is 10.9 Å². The molecule has 0 aliphatic rings. The molecule has 0 spiro atoms. The molecular formula is C14H13N. The molecule has 0 atom stereocenters. The van der Waals surface area contributed by atoms with Gasteiger partial charge in [-0.15, -0.1) is 6.42 Å². The van der Waals surface area contributed by atoms with Gasteiger partial charge in [0.1, 0.15) is 0 Å². The van der Waals surface area contributed by atoms with Gasteiger partial charge < -0.3 is 0 Å². The summed E-state index contributed by atoms with van der Waals surface area (Å²) in [4.78, 5) is 4.11. The van der Waals surface area contributed by atoms with Gasteiger partial charge >= 0.3 is 0 Å². The Balaban J connectivity index is 2.78. The molecule has 1 aromatic carbocycles. The third-order valence-corrected chi connectivity index (χ3v) is 2.71. The van der Waals surface area contributed by atoms with E-state index in [2.05, 4.69) is 36.9 Å². The Morgan fingerprint density at radius 3 is 2.80 bits per heavy atom. The topological polar surface area (TPSA) is 12.9 Å². The minimum atomic E-state index is -0.235. The number of fused-ring (bicyclic) bond motifs is 1. The van der Waals surface area contributed by atoms with Gasteiger partial charge in [-0.3, -0.25) is 4.98 Å². The van der Waals surface area contributed by atoms with E-state index in [0.29, 0.717) is 0 Å². The van der Waals surface area contributed by atoms with Crippen LogP contribution in [-0.2, 0) is 5.41 Å². The summed E-state index contributed by atoms with van der Waals surface area (Å²) in [6.07, 6.45) is 9.23. The number of hydrogen-bond acceptors (Lipinski definition) is 1. The zero-order valence-corrected chi connectivity index (χ0v) is 8.99. The van der Waals surface area contributed by atoms with Gasteiger partial charge in [0.05, 0.1) is 5.41 Å². The quantitative estimate of drug-likeness (QED) is 0.637. The first kappa shape index (κ1) is 9.73. The number of benzene rings is 1. The number of rotatable bonds is 1. The Bertz CT molecular complexity index is 527. The molecule has 0 amide bonds. The van der Waals surface area contributed by atoms with Crippen LogP contribution in [0.5, 0.6) is 0 Å².